The fourth-order valence-corrected chi connectivity index (χ4v) is 5.05. The third kappa shape index (κ3) is 6.84. The van der Waals surface area contributed by atoms with Crippen LogP contribution in [0.3, 0.4) is 0 Å². The van der Waals surface area contributed by atoms with Crippen LogP contribution in [0.25, 0.3) is 0 Å². The van der Waals surface area contributed by atoms with Gasteiger partial charge in [-0.1, -0.05) is 24.3 Å². The number of aromatic nitrogens is 1. The minimum absolute atomic E-state index is 0.0875. The van der Waals surface area contributed by atoms with Gasteiger partial charge < -0.3 is 21.5 Å². The Morgan fingerprint density at radius 1 is 1.18 bits per heavy atom. The first kappa shape index (κ1) is 24.8. The SMILES string of the molecule is N=C(N)c1cccc(CC(NS(=O)(=O)c2cccc(NC(=O)CNC(=O)O)c2)c2nccs2)c1. The first-order chi connectivity index (χ1) is 16.1. The van der Waals surface area contributed by atoms with Crippen LogP contribution >= 0.6 is 11.3 Å². The summed E-state index contributed by atoms with van der Waals surface area (Å²) in [6, 6.07) is 11.9. The van der Waals surface area contributed by atoms with Crippen molar-refractivity contribution in [2.75, 3.05) is 11.9 Å². The van der Waals surface area contributed by atoms with E-state index in [1.54, 1.807) is 29.8 Å². The van der Waals surface area contributed by atoms with E-state index in [9.17, 15) is 18.0 Å². The first-order valence-corrected chi connectivity index (χ1v) is 12.2. The molecule has 0 aliphatic carbocycles. The number of thiazole rings is 1. The van der Waals surface area contributed by atoms with Crippen molar-refractivity contribution < 1.29 is 23.1 Å². The predicted molar refractivity (Wildman–Crippen MR) is 127 cm³/mol. The number of amides is 2. The number of nitrogens with two attached hydrogens (primary N) is 1. The molecular formula is C21H22N6O5S2. The highest BCUT2D eigenvalue weighted by Gasteiger charge is 2.24. The Labute approximate surface area is 199 Å². The molecule has 7 N–H and O–H groups in total. The Bertz CT molecular complexity index is 1290. The average Bonchev–Trinajstić information content (AvgIpc) is 3.32. The van der Waals surface area contributed by atoms with Crippen molar-refractivity contribution in [1.29, 1.82) is 5.41 Å². The molecular weight excluding hydrogens is 480 g/mol. The number of carbonyl (C=O) groups is 2. The van der Waals surface area contributed by atoms with Gasteiger partial charge in [-0.3, -0.25) is 10.2 Å². The predicted octanol–water partition coefficient (Wildman–Crippen LogP) is 1.90. The van der Waals surface area contributed by atoms with Gasteiger partial charge in [0.25, 0.3) is 0 Å². The normalized spacial score (nSPS) is 12.0. The molecule has 3 rings (SSSR count). The van der Waals surface area contributed by atoms with Gasteiger partial charge >= 0.3 is 6.09 Å². The smallest absolute Gasteiger partial charge is 0.405 e. The molecule has 11 nitrogen and oxygen atoms in total. The summed E-state index contributed by atoms with van der Waals surface area (Å²) in [5.74, 6) is -0.735. The maximum Gasteiger partial charge on any atom is 0.405 e. The van der Waals surface area contributed by atoms with Crippen molar-refractivity contribution in [3.63, 3.8) is 0 Å². The Morgan fingerprint density at radius 3 is 2.62 bits per heavy atom. The van der Waals surface area contributed by atoms with Crippen molar-refractivity contribution in [2.24, 2.45) is 5.73 Å². The van der Waals surface area contributed by atoms with E-state index in [-0.39, 0.29) is 22.8 Å². The fourth-order valence-electron chi connectivity index (χ4n) is 3.04. The highest BCUT2D eigenvalue weighted by atomic mass is 32.2. The molecule has 1 unspecified atom stereocenters. The Morgan fingerprint density at radius 2 is 1.94 bits per heavy atom. The molecule has 0 aliphatic rings. The summed E-state index contributed by atoms with van der Waals surface area (Å²) in [5.41, 5.74) is 7.05. The minimum atomic E-state index is -4.03. The number of carboxylic acid groups (broad SMARTS) is 1. The van der Waals surface area contributed by atoms with Gasteiger partial charge in [-0.2, -0.15) is 0 Å². The molecule has 0 aliphatic heterocycles. The lowest BCUT2D eigenvalue weighted by Crippen LogP contribution is -2.32. The lowest BCUT2D eigenvalue weighted by Gasteiger charge is -2.18. The van der Waals surface area contributed by atoms with Crippen molar-refractivity contribution in [3.8, 4) is 0 Å². The van der Waals surface area contributed by atoms with Gasteiger partial charge in [0.2, 0.25) is 15.9 Å². The highest BCUT2D eigenvalue weighted by Crippen LogP contribution is 2.24. The van der Waals surface area contributed by atoms with E-state index in [1.165, 1.54) is 35.6 Å². The summed E-state index contributed by atoms with van der Waals surface area (Å²) in [7, 11) is -4.03. The number of hydrogen-bond acceptors (Lipinski definition) is 7. The summed E-state index contributed by atoms with van der Waals surface area (Å²) >= 11 is 1.30. The van der Waals surface area contributed by atoms with Crippen LogP contribution in [-0.2, 0) is 21.2 Å². The van der Waals surface area contributed by atoms with Gasteiger partial charge in [0.05, 0.1) is 10.9 Å². The molecule has 1 aromatic heterocycles. The van der Waals surface area contributed by atoms with Crippen LogP contribution in [0.15, 0.2) is 65.0 Å². The van der Waals surface area contributed by atoms with Gasteiger partial charge in [-0.15, -0.1) is 11.3 Å². The number of hydrogen-bond donors (Lipinski definition) is 6. The molecule has 0 fully saturated rings. The number of nitrogens with one attached hydrogen (secondary N) is 4. The average molecular weight is 503 g/mol. The van der Waals surface area contributed by atoms with Crippen LogP contribution in [0, 0.1) is 5.41 Å². The second kappa shape index (κ2) is 10.9. The maximum absolute atomic E-state index is 13.2. The number of anilines is 1. The Hall–Kier alpha value is -3.81. The molecule has 34 heavy (non-hydrogen) atoms. The second-order valence-electron chi connectivity index (χ2n) is 7.10. The van der Waals surface area contributed by atoms with Gasteiger partial charge in [0, 0.05) is 22.8 Å². The van der Waals surface area contributed by atoms with E-state index in [0.29, 0.717) is 10.6 Å². The zero-order valence-corrected chi connectivity index (χ0v) is 19.3. The number of carbonyl (C=O) groups excluding carboxylic acids is 1. The number of amidine groups is 1. The molecule has 3 aromatic rings. The molecule has 1 heterocycles. The summed E-state index contributed by atoms with van der Waals surface area (Å²) in [6.07, 6.45) is 0.498. The molecule has 0 saturated carbocycles. The molecule has 2 amide bonds. The van der Waals surface area contributed by atoms with Crippen LogP contribution in [0.2, 0.25) is 0 Å². The fraction of sp³-hybridized carbons (Fsp3) is 0.143. The van der Waals surface area contributed by atoms with Gasteiger partial charge in [-0.05, 0) is 36.2 Å². The van der Waals surface area contributed by atoms with E-state index >= 15 is 0 Å². The number of sulfonamides is 1. The van der Waals surface area contributed by atoms with E-state index in [2.05, 4.69) is 15.0 Å². The van der Waals surface area contributed by atoms with Crippen molar-refractivity contribution >= 4 is 44.9 Å². The number of rotatable bonds is 10. The molecule has 0 radical (unpaired) electrons. The number of nitrogen functional groups attached to an aromatic ring is 1. The van der Waals surface area contributed by atoms with Gasteiger partial charge in [0.1, 0.15) is 17.4 Å². The Kier molecular flexibility index (Phi) is 7.94. The van der Waals surface area contributed by atoms with Crippen LogP contribution in [0.1, 0.15) is 22.2 Å². The quantitative estimate of drug-likeness (QED) is 0.180. The van der Waals surface area contributed by atoms with Crippen molar-refractivity contribution in [2.45, 2.75) is 17.4 Å². The third-order valence-electron chi connectivity index (χ3n) is 4.55. The molecule has 0 bridgehead atoms. The molecule has 0 saturated heterocycles. The largest absolute Gasteiger partial charge is 0.465 e. The first-order valence-electron chi connectivity index (χ1n) is 9.86. The zero-order valence-electron chi connectivity index (χ0n) is 17.7. The summed E-state index contributed by atoms with van der Waals surface area (Å²) in [4.78, 5) is 26.5. The van der Waals surface area contributed by atoms with Gasteiger partial charge in [-0.25, -0.2) is 22.9 Å². The van der Waals surface area contributed by atoms with E-state index in [0.717, 1.165) is 5.56 Å². The molecule has 0 spiro atoms. The van der Waals surface area contributed by atoms with Crippen molar-refractivity contribution in [1.82, 2.24) is 15.0 Å². The summed E-state index contributed by atoms with van der Waals surface area (Å²) in [5, 5.41) is 22.9. The zero-order chi connectivity index (χ0) is 24.7. The van der Waals surface area contributed by atoms with Crippen LogP contribution in [0.5, 0.6) is 0 Å². The molecule has 2 aromatic carbocycles. The standard InChI is InChI=1S/C21H22N6O5S2/c22-19(23)14-4-1-3-13(9-14)10-17(20-24-7-8-33-20)27-34(31,32)16-6-2-5-15(11-16)26-18(28)12-25-21(29)30/h1-9,11,17,25,27H,10,12H2,(H3,22,23)(H,26,28)(H,29,30). The van der Waals surface area contributed by atoms with E-state index in [4.69, 9.17) is 16.2 Å². The topological polar surface area (TPSA) is 187 Å². The van der Waals surface area contributed by atoms with Gasteiger partial charge in [0.15, 0.2) is 0 Å². The van der Waals surface area contributed by atoms with Crippen LogP contribution in [-0.4, -0.2) is 42.9 Å². The maximum atomic E-state index is 13.2. The summed E-state index contributed by atoms with van der Waals surface area (Å²) < 4.78 is 29.0. The van der Waals surface area contributed by atoms with Crippen LogP contribution in [0.4, 0.5) is 10.5 Å². The molecule has 178 valence electrons. The third-order valence-corrected chi connectivity index (χ3v) is 6.91. The second-order valence-corrected chi connectivity index (χ2v) is 9.74. The lowest BCUT2D eigenvalue weighted by atomic mass is 10.0. The van der Waals surface area contributed by atoms with E-state index in [1.807, 2.05) is 11.4 Å². The minimum Gasteiger partial charge on any atom is -0.465 e. The van der Waals surface area contributed by atoms with E-state index < -0.39 is 34.6 Å². The number of nitrogens with zero attached hydrogens (tertiary/aromatic N) is 1. The van der Waals surface area contributed by atoms with Crippen molar-refractivity contribution in [3.05, 3.63) is 76.2 Å². The molecule has 13 heteroatoms. The summed E-state index contributed by atoms with van der Waals surface area (Å²) in [6.45, 7) is -0.476. The van der Waals surface area contributed by atoms with Crippen LogP contribution < -0.4 is 21.1 Å². The monoisotopic (exact) mass is 502 g/mol. The molecule has 1 atom stereocenters. The Balaban J connectivity index is 1.81. The number of benzene rings is 2. The lowest BCUT2D eigenvalue weighted by molar-refractivity contribution is -0.115. The highest BCUT2D eigenvalue weighted by molar-refractivity contribution is 7.89.